The van der Waals surface area contributed by atoms with Crippen LogP contribution in [0.25, 0.3) is 0 Å². The summed E-state index contributed by atoms with van der Waals surface area (Å²) in [5.41, 5.74) is 7.78. The summed E-state index contributed by atoms with van der Waals surface area (Å²) < 4.78 is 0. The molecule has 3 atom stereocenters. The fraction of sp³-hybridized carbons (Fsp3) is 0.588. The number of piperidine rings is 1. The van der Waals surface area contributed by atoms with Crippen LogP contribution in [-0.2, 0) is 0 Å². The molecule has 1 aliphatic carbocycles. The third-order valence-corrected chi connectivity index (χ3v) is 4.94. The van der Waals surface area contributed by atoms with Crippen LogP contribution in [0.3, 0.4) is 0 Å². The molecule has 1 saturated heterocycles. The summed E-state index contributed by atoms with van der Waals surface area (Å²) in [6.45, 7) is 2.85. The van der Waals surface area contributed by atoms with Crippen molar-refractivity contribution in [2.75, 3.05) is 11.9 Å². The first-order chi connectivity index (χ1) is 10.1. The van der Waals surface area contributed by atoms with E-state index in [4.69, 9.17) is 5.73 Å². The van der Waals surface area contributed by atoms with Crippen molar-refractivity contribution in [2.24, 2.45) is 11.7 Å². The number of amides is 2. The molecule has 4 heteroatoms. The van der Waals surface area contributed by atoms with Crippen LogP contribution in [0.5, 0.6) is 0 Å². The van der Waals surface area contributed by atoms with E-state index in [1.807, 2.05) is 31.2 Å². The van der Waals surface area contributed by atoms with Gasteiger partial charge in [-0.25, -0.2) is 4.79 Å². The molecule has 1 aromatic rings. The SMILES string of the molecule is CC(N)c1ccc(NC(=O)N2CCCC3CCCC32)cc1. The van der Waals surface area contributed by atoms with Crippen LogP contribution in [0, 0.1) is 5.92 Å². The first-order valence-electron chi connectivity index (χ1n) is 8.08. The second-order valence-electron chi connectivity index (χ2n) is 6.43. The summed E-state index contributed by atoms with van der Waals surface area (Å²) in [5.74, 6) is 0.727. The molecule has 4 nitrogen and oxygen atoms in total. The molecule has 0 radical (unpaired) electrons. The molecule has 1 saturated carbocycles. The van der Waals surface area contributed by atoms with Crippen LogP contribution in [0.2, 0.25) is 0 Å². The minimum Gasteiger partial charge on any atom is -0.324 e. The highest BCUT2D eigenvalue weighted by atomic mass is 16.2. The fourth-order valence-corrected chi connectivity index (χ4v) is 3.77. The number of hydrogen-bond donors (Lipinski definition) is 2. The largest absolute Gasteiger partial charge is 0.324 e. The third-order valence-electron chi connectivity index (χ3n) is 4.94. The van der Waals surface area contributed by atoms with Crippen LogP contribution < -0.4 is 11.1 Å². The van der Waals surface area contributed by atoms with Crippen molar-refractivity contribution in [2.45, 2.75) is 51.1 Å². The van der Waals surface area contributed by atoms with E-state index in [1.165, 1.54) is 25.7 Å². The summed E-state index contributed by atoms with van der Waals surface area (Å²) in [4.78, 5) is 14.6. The van der Waals surface area contributed by atoms with Crippen LogP contribution in [-0.4, -0.2) is 23.5 Å². The summed E-state index contributed by atoms with van der Waals surface area (Å²) in [6.07, 6.45) is 6.15. The molecule has 1 aliphatic heterocycles. The Labute approximate surface area is 126 Å². The summed E-state index contributed by atoms with van der Waals surface area (Å²) in [5, 5.41) is 3.04. The van der Waals surface area contributed by atoms with Crippen LogP contribution in [0.15, 0.2) is 24.3 Å². The molecule has 21 heavy (non-hydrogen) atoms. The van der Waals surface area contributed by atoms with E-state index in [1.54, 1.807) is 0 Å². The highest BCUT2D eigenvalue weighted by molar-refractivity contribution is 5.89. The Morgan fingerprint density at radius 1 is 1.24 bits per heavy atom. The van der Waals surface area contributed by atoms with Gasteiger partial charge < -0.3 is 16.0 Å². The van der Waals surface area contributed by atoms with E-state index in [0.717, 1.165) is 30.1 Å². The standard InChI is InChI=1S/C17H25N3O/c1-12(18)13-7-9-15(10-8-13)19-17(21)20-11-3-5-14-4-2-6-16(14)20/h7-10,12,14,16H,2-6,11,18H2,1H3,(H,19,21). The van der Waals surface area contributed by atoms with Crippen LogP contribution in [0.1, 0.15) is 50.6 Å². The minimum absolute atomic E-state index is 0.0242. The summed E-state index contributed by atoms with van der Waals surface area (Å²) >= 11 is 0. The molecule has 2 fully saturated rings. The van der Waals surface area contributed by atoms with E-state index in [-0.39, 0.29) is 12.1 Å². The van der Waals surface area contributed by atoms with Gasteiger partial charge in [-0.15, -0.1) is 0 Å². The Kier molecular flexibility index (Phi) is 4.15. The normalized spacial score (nSPS) is 26.3. The van der Waals surface area contributed by atoms with Gasteiger partial charge in [-0.05, 0) is 56.2 Å². The number of fused-ring (bicyclic) bond motifs is 1. The van der Waals surface area contributed by atoms with Gasteiger partial charge in [-0.1, -0.05) is 18.6 Å². The van der Waals surface area contributed by atoms with Gasteiger partial charge in [0.25, 0.3) is 0 Å². The number of hydrogen-bond acceptors (Lipinski definition) is 2. The number of likely N-dealkylation sites (tertiary alicyclic amines) is 1. The van der Waals surface area contributed by atoms with E-state index >= 15 is 0 Å². The number of carbonyl (C=O) groups is 1. The number of anilines is 1. The van der Waals surface area contributed by atoms with E-state index in [2.05, 4.69) is 10.2 Å². The summed E-state index contributed by atoms with van der Waals surface area (Å²) in [7, 11) is 0. The first kappa shape index (κ1) is 14.4. The van der Waals surface area contributed by atoms with Crippen molar-refractivity contribution in [3.63, 3.8) is 0 Å². The molecule has 0 aromatic heterocycles. The number of carbonyl (C=O) groups excluding carboxylic acids is 1. The number of rotatable bonds is 2. The Balaban J connectivity index is 1.65. The molecule has 1 heterocycles. The predicted octanol–water partition coefficient (Wildman–Crippen LogP) is 3.50. The van der Waals surface area contributed by atoms with Crippen molar-refractivity contribution >= 4 is 11.7 Å². The van der Waals surface area contributed by atoms with Crippen LogP contribution >= 0.6 is 0 Å². The number of nitrogens with one attached hydrogen (secondary N) is 1. The van der Waals surface area contributed by atoms with Gasteiger partial charge in [0, 0.05) is 24.3 Å². The Bertz CT molecular complexity index is 497. The van der Waals surface area contributed by atoms with E-state index in [9.17, 15) is 4.79 Å². The highest BCUT2D eigenvalue weighted by Gasteiger charge is 2.37. The molecule has 0 spiro atoms. The monoisotopic (exact) mass is 287 g/mol. The van der Waals surface area contributed by atoms with Gasteiger partial charge in [-0.2, -0.15) is 0 Å². The van der Waals surface area contributed by atoms with Crippen LogP contribution in [0.4, 0.5) is 10.5 Å². The molecule has 0 bridgehead atoms. The second kappa shape index (κ2) is 6.06. The van der Waals surface area contributed by atoms with Crippen molar-refractivity contribution < 1.29 is 4.79 Å². The Hall–Kier alpha value is -1.55. The Morgan fingerprint density at radius 3 is 2.67 bits per heavy atom. The lowest BCUT2D eigenvalue weighted by molar-refractivity contribution is 0.138. The molecule has 3 unspecified atom stereocenters. The molecular weight excluding hydrogens is 262 g/mol. The maximum atomic E-state index is 12.5. The second-order valence-corrected chi connectivity index (χ2v) is 6.43. The molecule has 1 aromatic carbocycles. The zero-order valence-electron chi connectivity index (χ0n) is 12.7. The van der Waals surface area contributed by atoms with Gasteiger partial charge in [0.2, 0.25) is 0 Å². The van der Waals surface area contributed by atoms with Gasteiger partial charge >= 0.3 is 6.03 Å². The molecular formula is C17H25N3O. The Morgan fingerprint density at radius 2 is 1.95 bits per heavy atom. The third kappa shape index (κ3) is 3.05. The van der Waals surface area contributed by atoms with Gasteiger partial charge in [-0.3, -0.25) is 0 Å². The molecule has 2 aliphatic rings. The fourth-order valence-electron chi connectivity index (χ4n) is 3.77. The predicted molar refractivity (Wildman–Crippen MR) is 85.1 cm³/mol. The van der Waals surface area contributed by atoms with Gasteiger partial charge in [0.1, 0.15) is 0 Å². The lowest BCUT2D eigenvalue weighted by Crippen LogP contribution is -2.48. The zero-order chi connectivity index (χ0) is 14.8. The maximum Gasteiger partial charge on any atom is 0.322 e. The average molecular weight is 287 g/mol. The van der Waals surface area contributed by atoms with E-state index < -0.39 is 0 Å². The van der Waals surface area contributed by atoms with Crippen molar-refractivity contribution in [1.29, 1.82) is 0 Å². The highest BCUT2D eigenvalue weighted by Crippen LogP contribution is 2.36. The zero-order valence-corrected chi connectivity index (χ0v) is 12.7. The van der Waals surface area contributed by atoms with Crippen molar-refractivity contribution in [3.8, 4) is 0 Å². The topological polar surface area (TPSA) is 58.4 Å². The summed E-state index contributed by atoms with van der Waals surface area (Å²) in [6, 6.07) is 8.38. The molecule has 114 valence electrons. The molecule has 3 rings (SSSR count). The number of nitrogens with two attached hydrogens (primary N) is 1. The first-order valence-corrected chi connectivity index (χ1v) is 8.08. The smallest absolute Gasteiger partial charge is 0.322 e. The lowest BCUT2D eigenvalue weighted by Gasteiger charge is -2.37. The molecule has 3 N–H and O–H groups in total. The van der Waals surface area contributed by atoms with E-state index in [0.29, 0.717) is 6.04 Å². The quantitative estimate of drug-likeness (QED) is 0.874. The van der Waals surface area contributed by atoms with Crippen molar-refractivity contribution in [1.82, 2.24) is 4.90 Å². The number of nitrogens with zero attached hydrogens (tertiary/aromatic N) is 1. The van der Waals surface area contributed by atoms with Crippen molar-refractivity contribution in [3.05, 3.63) is 29.8 Å². The number of urea groups is 1. The maximum absolute atomic E-state index is 12.5. The molecule has 2 amide bonds. The minimum atomic E-state index is 0.0242. The average Bonchev–Trinajstić information content (AvgIpc) is 2.96. The van der Waals surface area contributed by atoms with Gasteiger partial charge in [0.05, 0.1) is 0 Å². The number of benzene rings is 1. The lowest BCUT2D eigenvalue weighted by atomic mass is 9.92. The van der Waals surface area contributed by atoms with Gasteiger partial charge in [0.15, 0.2) is 0 Å².